The van der Waals surface area contributed by atoms with Crippen LogP contribution in [0.15, 0.2) is 22.5 Å². The van der Waals surface area contributed by atoms with Gasteiger partial charge in [0, 0.05) is 44.2 Å². The molecule has 0 radical (unpaired) electrons. The molecule has 2 rings (SSSR count). The average Bonchev–Trinajstić information content (AvgIpc) is 3.02. The van der Waals surface area contributed by atoms with Gasteiger partial charge in [-0.1, -0.05) is 0 Å². The van der Waals surface area contributed by atoms with Crippen LogP contribution in [-0.4, -0.2) is 43.1 Å². The highest BCUT2D eigenvalue weighted by molar-refractivity contribution is 7.93. The fraction of sp³-hybridized carbons (Fsp3) is 0.429. The molecule has 0 fully saturated rings. The zero-order valence-corrected chi connectivity index (χ0v) is 15.2. The van der Waals surface area contributed by atoms with Crippen LogP contribution in [0.3, 0.4) is 0 Å². The molecule has 7 nitrogen and oxygen atoms in total. The molecule has 0 spiro atoms. The first-order valence-electron chi connectivity index (χ1n) is 7.02. The van der Waals surface area contributed by atoms with Crippen LogP contribution < -0.4 is 4.72 Å². The molecule has 0 atom stereocenters. The number of aromatic nitrogens is 2. The lowest BCUT2D eigenvalue weighted by atomic mass is 10.3. The Morgan fingerprint density at radius 1 is 1.39 bits per heavy atom. The Morgan fingerprint density at radius 3 is 2.65 bits per heavy atom. The second-order valence-corrected chi connectivity index (χ2v) is 8.11. The van der Waals surface area contributed by atoms with Crippen LogP contribution >= 0.6 is 11.3 Å². The highest BCUT2D eigenvalue weighted by Gasteiger charge is 2.22. The zero-order valence-electron chi connectivity index (χ0n) is 13.5. The molecule has 9 heteroatoms. The van der Waals surface area contributed by atoms with Crippen molar-refractivity contribution in [1.82, 2.24) is 14.7 Å². The van der Waals surface area contributed by atoms with Crippen molar-refractivity contribution in [2.75, 3.05) is 18.8 Å². The lowest BCUT2D eigenvalue weighted by molar-refractivity contribution is -0.128. The van der Waals surface area contributed by atoms with E-state index in [2.05, 4.69) is 9.82 Å². The molecule has 0 saturated carbocycles. The topological polar surface area (TPSA) is 84.3 Å². The van der Waals surface area contributed by atoms with Gasteiger partial charge in [-0.3, -0.25) is 14.2 Å². The van der Waals surface area contributed by atoms with Crippen molar-refractivity contribution in [3.63, 3.8) is 0 Å². The molecule has 0 aliphatic rings. The van der Waals surface area contributed by atoms with Gasteiger partial charge < -0.3 is 4.90 Å². The first-order valence-corrected chi connectivity index (χ1v) is 9.38. The van der Waals surface area contributed by atoms with Crippen molar-refractivity contribution in [1.29, 1.82) is 0 Å². The number of rotatable bonds is 6. The molecule has 1 N–H and O–H groups in total. The first-order chi connectivity index (χ1) is 10.7. The van der Waals surface area contributed by atoms with E-state index in [1.54, 1.807) is 44.9 Å². The monoisotopic (exact) mass is 356 g/mol. The van der Waals surface area contributed by atoms with Gasteiger partial charge in [-0.25, -0.2) is 8.42 Å². The number of aryl methyl sites for hydroxylation is 3. The van der Waals surface area contributed by atoms with Crippen molar-refractivity contribution < 1.29 is 13.2 Å². The minimum absolute atomic E-state index is 0.00727. The Bertz CT molecular complexity index is 786. The number of nitrogens with one attached hydrogen (secondary N) is 1. The van der Waals surface area contributed by atoms with E-state index in [-0.39, 0.29) is 11.7 Å². The van der Waals surface area contributed by atoms with E-state index in [4.69, 9.17) is 0 Å². The van der Waals surface area contributed by atoms with E-state index in [9.17, 15) is 13.2 Å². The molecular weight excluding hydrogens is 336 g/mol. The molecule has 0 bridgehead atoms. The summed E-state index contributed by atoms with van der Waals surface area (Å²) in [7, 11) is -0.271. The van der Waals surface area contributed by atoms with E-state index >= 15 is 0 Å². The number of nitrogens with zero attached hydrogens (tertiary/aromatic N) is 3. The molecule has 0 aliphatic carbocycles. The lowest BCUT2D eigenvalue weighted by Gasteiger charge is -2.09. The summed E-state index contributed by atoms with van der Waals surface area (Å²) in [5, 5.41) is 5.97. The van der Waals surface area contributed by atoms with Gasteiger partial charge in [0.25, 0.3) is 10.0 Å². The minimum atomic E-state index is -3.65. The number of sulfonamides is 1. The van der Waals surface area contributed by atoms with Gasteiger partial charge >= 0.3 is 0 Å². The molecule has 2 aromatic heterocycles. The third-order valence-electron chi connectivity index (χ3n) is 3.29. The average molecular weight is 356 g/mol. The Kier molecular flexibility index (Phi) is 5.10. The third kappa shape index (κ3) is 4.11. The normalized spacial score (nSPS) is 11.5. The molecule has 0 unspecified atom stereocenters. The van der Waals surface area contributed by atoms with E-state index in [1.165, 1.54) is 16.2 Å². The van der Waals surface area contributed by atoms with Crippen LogP contribution in [0.25, 0.3) is 0 Å². The van der Waals surface area contributed by atoms with Crippen LogP contribution in [0.1, 0.15) is 16.9 Å². The summed E-state index contributed by atoms with van der Waals surface area (Å²) < 4.78 is 28.9. The summed E-state index contributed by atoms with van der Waals surface area (Å²) in [6, 6.07) is 1.58. The molecule has 0 aliphatic heterocycles. The van der Waals surface area contributed by atoms with Gasteiger partial charge in [0.1, 0.15) is 4.90 Å². The van der Waals surface area contributed by atoms with Crippen molar-refractivity contribution in [2.45, 2.75) is 31.7 Å². The summed E-state index contributed by atoms with van der Waals surface area (Å²) in [4.78, 5) is 14.1. The summed E-state index contributed by atoms with van der Waals surface area (Å²) in [5.74, 6) is 0.236. The summed E-state index contributed by atoms with van der Waals surface area (Å²) in [6.45, 7) is 3.94. The van der Waals surface area contributed by atoms with Crippen LogP contribution in [0, 0.1) is 13.8 Å². The highest BCUT2D eigenvalue weighted by Crippen LogP contribution is 2.27. The largest absolute Gasteiger partial charge is 0.349 e. The molecule has 2 aromatic rings. The van der Waals surface area contributed by atoms with E-state index in [0.717, 1.165) is 10.4 Å². The van der Waals surface area contributed by atoms with Gasteiger partial charge in [-0.15, -0.1) is 11.3 Å². The van der Waals surface area contributed by atoms with Crippen molar-refractivity contribution in [3.05, 3.63) is 28.1 Å². The van der Waals surface area contributed by atoms with Crippen molar-refractivity contribution in [3.8, 4) is 0 Å². The Labute approximate surface area is 140 Å². The number of hydrogen-bond donors (Lipinski definition) is 1. The number of anilines is 1. The summed E-state index contributed by atoms with van der Waals surface area (Å²) >= 11 is 1.40. The number of carbonyl (C=O) groups excluding carboxylic acids is 1. The molecule has 126 valence electrons. The Hall–Kier alpha value is -1.87. The first kappa shape index (κ1) is 17.5. The van der Waals surface area contributed by atoms with Gasteiger partial charge in [0.15, 0.2) is 5.82 Å². The molecule has 0 aromatic carbocycles. The Morgan fingerprint density at radius 2 is 2.09 bits per heavy atom. The van der Waals surface area contributed by atoms with Crippen molar-refractivity contribution >= 4 is 33.1 Å². The fourth-order valence-electron chi connectivity index (χ4n) is 2.13. The van der Waals surface area contributed by atoms with Gasteiger partial charge in [-0.2, -0.15) is 5.10 Å². The van der Waals surface area contributed by atoms with E-state index < -0.39 is 10.0 Å². The van der Waals surface area contributed by atoms with Crippen LogP contribution in [0.4, 0.5) is 5.82 Å². The number of thiophene rings is 1. The van der Waals surface area contributed by atoms with Crippen LogP contribution in [0.2, 0.25) is 0 Å². The molecular formula is C14H20N4O3S2. The SMILES string of the molecule is Cc1csc(C)c1S(=O)(=O)Nc1ccn(CCC(=O)N(C)C)n1. The second-order valence-electron chi connectivity index (χ2n) is 5.41. The quantitative estimate of drug-likeness (QED) is 0.856. The van der Waals surface area contributed by atoms with E-state index in [0.29, 0.717) is 17.9 Å². The van der Waals surface area contributed by atoms with Crippen LogP contribution in [0.5, 0.6) is 0 Å². The standard InChI is InChI=1S/C14H20N4O3S2/c1-10-9-22-11(2)14(10)23(20,21)16-12-5-7-18(15-12)8-6-13(19)17(3)4/h5,7,9H,6,8H2,1-4H3,(H,15,16). The summed E-state index contributed by atoms with van der Waals surface area (Å²) in [6.07, 6.45) is 1.96. The van der Waals surface area contributed by atoms with Gasteiger partial charge in [0.05, 0.1) is 0 Å². The fourth-order valence-corrected chi connectivity index (χ4v) is 4.76. The predicted octanol–water partition coefficient (Wildman–Crippen LogP) is 1.84. The molecule has 2 heterocycles. The summed E-state index contributed by atoms with van der Waals surface area (Å²) in [5.41, 5.74) is 0.719. The maximum atomic E-state index is 12.5. The number of amides is 1. The zero-order chi connectivity index (χ0) is 17.2. The lowest BCUT2D eigenvalue weighted by Crippen LogP contribution is -2.23. The van der Waals surface area contributed by atoms with E-state index in [1.807, 2.05) is 5.38 Å². The minimum Gasteiger partial charge on any atom is -0.349 e. The number of carbonyl (C=O) groups is 1. The van der Waals surface area contributed by atoms with Gasteiger partial charge in [-0.05, 0) is 24.8 Å². The highest BCUT2D eigenvalue weighted by atomic mass is 32.2. The predicted molar refractivity (Wildman–Crippen MR) is 90.1 cm³/mol. The van der Waals surface area contributed by atoms with Crippen molar-refractivity contribution in [2.24, 2.45) is 0 Å². The molecule has 0 saturated heterocycles. The third-order valence-corrected chi connectivity index (χ3v) is 6.09. The second kappa shape index (κ2) is 6.71. The Balaban J connectivity index is 2.08. The van der Waals surface area contributed by atoms with Crippen LogP contribution in [-0.2, 0) is 21.4 Å². The van der Waals surface area contributed by atoms with Gasteiger partial charge in [0.2, 0.25) is 5.91 Å². The maximum absolute atomic E-state index is 12.5. The molecule has 23 heavy (non-hydrogen) atoms. The maximum Gasteiger partial charge on any atom is 0.264 e. The smallest absolute Gasteiger partial charge is 0.264 e. The molecule has 1 amide bonds. The number of hydrogen-bond acceptors (Lipinski definition) is 5.